The molecule has 1 fully saturated rings. The molecule has 1 aliphatic carbocycles. The van der Waals surface area contributed by atoms with E-state index in [0.29, 0.717) is 12.0 Å². The minimum absolute atomic E-state index is 0.0465. The third kappa shape index (κ3) is 2.29. The Balaban J connectivity index is 1.97. The zero-order valence-corrected chi connectivity index (χ0v) is 10.2. The summed E-state index contributed by atoms with van der Waals surface area (Å²) in [5.41, 5.74) is 0. The van der Waals surface area contributed by atoms with Crippen LogP contribution in [0.4, 0.5) is 0 Å². The highest BCUT2D eigenvalue weighted by molar-refractivity contribution is 5.73. The molecule has 0 aromatic carbocycles. The van der Waals surface area contributed by atoms with Crippen molar-refractivity contribution in [3.63, 3.8) is 0 Å². The van der Waals surface area contributed by atoms with Crippen LogP contribution >= 0.6 is 0 Å². The van der Waals surface area contributed by atoms with Crippen LogP contribution in [-0.2, 0) is 9.53 Å². The molecule has 1 aliphatic heterocycles. The maximum absolute atomic E-state index is 11.6. The number of carbonyl (C=O) groups is 1. The molecule has 16 heavy (non-hydrogen) atoms. The van der Waals surface area contributed by atoms with E-state index in [2.05, 4.69) is 24.0 Å². The topological polar surface area (TPSA) is 29.5 Å². The predicted octanol–water partition coefficient (Wildman–Crippen LogP) is 1.84. The Bertz CT molecular complexity index is 288. The first-order valence-corrected chi connectivity index (χ1v) is 6.21. The first-order valence-electron chi connectivity index (χ1n) is 6.21. The van der Waals surface area contributed by atoms with Gasteiger partial charge in [-0.25, -0.2) is 0 Å². The minimum Gasteiger partial charge on any atom is -0.469 e. The molecule has 2 aliphatic rings. The average Bonchev–Trinajstić information content (AvgIpc) is 2.71. The molecular formula is C13H21NO2. The van der Waals surface area contributed by atoms with Crippen LogP contribution in [0.3, 0.4) is 0 Å². The lowest BCUT2D eigenvalue weighted by Crippen LogP contribution is -2.33. The Morgan fingerprint density at radius 2 is 2.25 bits per heavy atom. The summed E-state index contributed by atoms with van der Waals surface area (Å²) in [4.78, 5) is 14.0. The number of nitrogens with zero attached hydrogens (tertiary/aromatic N) is 1. The molecule has 90 valence electrons. The number of methoxy groups -OCH3 is 1. The lowest BCUT2D eigenvalue weighted by Gasteiger charge is -2.27. The quantitative estimate of drug-likeness (QED) is 0.528. The lowest BCUT2D eigenvalue weighted by molar-refractivity contribution is -0.146. The fraction of sp³-hybridized carbons (Fsp3) is 0.769. The van der Waals surface area contributed by atoms with Gasteiger partial charge in [0.1, 0.15) is 0 Å². The van der Waals surface area contributed by atoms with Crippen molar-refractivity contribution in [2.24, 2.45) is 11.8 Å². The van der Waals surface area contributed by atoms with Gasteiger partial charge in [-0.2, -0.15) is 0 Å². The van der Waals surface area contributed by atoms with Gasteiger partial charge in [0.25, 0.3) is 0 Å². The maximum atomic E-state index is 11.6. The standard InChI is InChI=1S/C13H21NO2/c1-10-8-14(9-12(10)13(15)16-2)11-6-4-3-5-7-11/h4,6,10-12H,3,5,7-9H2,1-2H3. The molecular weight excluding hydrogens is 202 g/mol. The molecule has 1 heterocycles. The van der Waals surface area contributed by atoms with E-state index in [1.165, 1.54) is 26.4 Å². The SMILES string of the molecule is COC(=O)C1CN(C2C=CCCC2)CC1C. The molecule has 1 saturated heterocycles. The van der Waals surface area contributed by atoms with Gasteiger partial charge in [-0.15, -0.1) is 0 Å². The zero-order chi connectivity index (χ0) is 11.5. The second-order valence-corrected chi connectivity index (χ2v) is 4.99. The lowest BCUT2D eigenvalue weighted by atomic mass is 9.99. The summed E-state index contributed by atoms with van der Waals surface area (Å²) in [6, 6.07) is 0.547. The number of esters is 1. The summed E-state index contributed by atoms with van der Waals surface area (Å²) in [6.45, 7) is 4.03. The third-order valence-electron chi connectivity index (χ3n) is 3.84. The van der Waals surface area contributed by atoms with Crippen LogP contribution in [0.1, 0.15) is 26.2 Å². The molecule has 0 spiro atoms. The monoisotopic (exact) mass is 223 g/mol. The number of ether oxygens (including phenoxy) is 1. The van der Waals surface area contributed by atoms with E-state index in [1.807, 2.05) is 0 Å². The van der Waals surface area contributed by atoms with E-state index in [9.17, 15) is 4.79 Å². The van der Waals surface area contributed by atoms with Crippen LogP contribution in [0, 0.1) is 11.8 Å². The summed E-state index contributed by atoms with van der Waals surface area (Å²) < 4.78 is 4.86. The van der Waals surface area contributed by atoms with E-state index >= 15 is 0 Å². The number of carbonyl (C=O) groups excluding carboxylic acids is 1. The fourth-order valence-corrected chi connectivity index (χ4v) is 2.83. The highest BCUT2D eigenvalue weighted by atomic mass is 16.5. The van der Waals surface area contributed by atoms with Crippen LogP contribution < -0.4 is 0 Å². The molecule has 0 aromatic rings. The zero-order valence-electron chi connectivity index (χ0n) is 10.2. The molecule has 3 nitrogen and oxygen atoms in total. The van der Waals surface area contributed by atoms with E-state index in [1.54, 1.807) is 0 Å². The maximum Gasteiger partial charge on any atom is 0.310 e. The summed E-state index contributed by atoms with van der Waals surface area (Å²) in [7, 11) is 1.48. The highest BCUT2D eigenvalue weighted by Gasteiger charge is 2.37. The molecule has 0 amide bonds. The second kappa shape index (κ2) is 5.00. The smallest absolute Gasteiger partial charge is 0.310 e. The summed E-state index contributed by atoms with van der Waals surface area (Å²) >= 11 is 0. The molecule has 0 radical (unpaired) electrons. The largest absolute Gasteiger partial charge is 0.469 e. The normalized spacial score (nSPS) is 35.2. The van der Waals surface area contributed by atoms with Gasteiger partial charge in [0.15, 0.2) is 0 Å². The number of rotatable bonds is 2. The van der Waals surface area contributed by atoms with Gasteiger partial charge in [-0.3, -0.25) is 9.69 Å². The van der Waals surface area contributed by atoms with Gasteiger partial charge in [-0.05, 0) is 25.2 Å². The predicted molar refractivity (Wildman–Crippen MR) is 63.0 cm³/mol. The third-order valence-corrected chi connectivity index (χ3v) is 3.84. The summed E-state index contributed by atoms with van der Waals surface area (Å²) in [6.07, 6.45) is 8.28. The Morgan fingerprint density at radius 3 is 2.88 bits per heavy atom. The van der Waals surface area contributed by atoms with Crippen molar-refractivity contribution in [3.8, 4) is 0 Å². The molecule has 0 N–H and O–H groups in total. The average molecular weight is 223 g/mol. The van der Waals surface area contributed by atoms with E-state index in [0.717, 1.165) is 13.1 Å². The van der Waals surface area contributed by atoms with Crippen LogP contribution in [0.2, 0.25) is 0 Å². The van der Waals surface area contributed by atoms with Crippen LogP contribution in [0.25, 0.3) is 0 Å². The number of hydrogen-bond acceptors (Lipinski definition) is 3. The Kier molecular flexibility index (Phi) is 3.64. The van der Waals surface area contributed by atoms with E-state index < -0.39 is 0 Å². The Labute approximate surface area is 97.5 Å². The van der Waals surface area contributed by atoms with Crippen molar-refractivity contribution in [3.05, 3.63) is 12.2 Å². The second-order valence-electron chi connectivity index (χ2n) is 4.99. The van der Waals surface area contributed by atoms with Gasteiger partial charge >= 0.3 is 5.97 Å². The molecule has 3 atom stereocenters. The van der Waals surface area contributed by atoms with Crippen molar-refractivity contribution >= 4 is 5.97 Å². The first-order chi connectivity index (χ1) is 7.72. The summed E-state index contributed by atoms with van der Waals surface area (Å²) in [5, 5.41) is 0. The van der Waals surface area contributed by atoms with Crippen molar-refractivity contribution in [1.29, 1.82) is 0 Å². The van der Waals surface area contributed by atoms with Crippen LogP contribution in [0.5, 0.6) is 0 Å². The van der Waals surface area contributed by atoms with Gasteiger partial charge in [0.05, 0.1) is 13.0 Å². The van der Waals surface area contributed by atoms with Gasteiger partial charge in [-0.1, -0.05) is 19.1 Å². The van der Waals surface area contributed by atoms with E-state index in [4.69, 9.17) is 4.74 Å². The Morgan fingerprint density at radius 1 is 1.44 bits per heavy atom. The molecule has 0 bridgehead atoms. The number of allylic oxidation sites excluding steroid dienone is 1. The minimum atomic E-state index is -0.0465. The summed E-state index contributed by atoms with van der Waals surface area (Å²) in [5.74, 6) is 0.442. The van der Waals surface area contributed by atoms with Crippen molar-refractivity contribution in [2.75, 3.05) is 20.2 Å². The van der Waals surface area contributed by atoms with E-state index in [-0.39, 0.29) is 11.9 Å². The first kappa shape index (κ1) is 11.6. The fourth-order valence-electron chi connectivity index (χ4n) is 2.83. The van der Waals surface area contributed by atoms with Gasteiger partial charge in [0.2, 0.25) is 0 Å². The van der Waals surface area contributed by atoms with Gasteiger partial charge in [0, 0.05) is 19.1 Å². The molecule has 2 rings (SSSR count). The number of hydrogen-bond donors (Lipinski definition) is 0. The van der Waals surface area contributed by atoms with Crippen molar-refractivity contribution < 1.29 is 9.53 Å². The van der Waals surface area contributed by atoms with Gasteiger partial charge < -0.3 is 4.74 Å². The molecule has 0 aromatic heterocycles. The number of likely N-dealkylation sites (tertiary alicyclic amines) is 1. The molecule has 3 unspecified atom stereocenters. The van der Waals surface area contributed by atoms with Crippen molar-refractivity contribution in [2.45, 2.75) is 32.2 Å². The van der Waals surface area contributed by atoms with Crippen molar-refractivity contribution in [1.82, 2.24) is 4.90 Å². The van der Waals surface area contributed by atoms with Crippen LogP contribution in [0.15, 0.2) is 12.2 Å². The van der Waals surface area contributed by atoms with Crippen LogP contribution in [-0.4, -0.2) is 37.1 Å². The molecule has 0 saturated carbocycles. The Hall–Kier alpha value is -0.830. The highest BCUT2D eigenvalue weighted by Crippen LogP contribution is 2.28. The molecule has 3 heteroatoms.